The van der Waals surface area contributed by atoms with E-state index in [9.17, 15) is 4.79 Å². The van der Waals surface area contributed by atoms with Crippen LogP contribution in [0.15, 0.2) is 24.5 Å². The van der Waals surface area contributed by atoms with E-state index in [-0.39, 0.29) is 17.9 Å². The molecule has 6 nitrogen and oxygen atoms in total. The van der Waals surface area contributed by atoms with Gasteiger partial charge in [-0.05, 0) is 37.9 Å². The highest BCUT2D eigenvalue weighted by Gasteiger charge is 2.30. The SMILES string of the molecule is CC(C)C(C(=O)Nc1ccnc2ccnn12)N1CCCCC1. The zero-order chi connectivity index (χ0) is 15.5. The lowest BCUT2D eigenvalue weighted by molar-refractivity contribution is -0.123. The van der Waals surface area contributed by atoms with Gasteiger partial charge in [0.25, 0.3) is 0 Å². The number of aromatic nitrogens is 3. The molecule has 1 atom stereocenters. The molecule has 1 saturated heterocycles. The van der Waals surface area contributed by atoms with Gasteiger partial charge in [0.15, 0.2) is 5.65 Å². The predicted molar refractivity (Wildman–Crippen MR) is 85.7 cm³/mol. The van der Waals surface area contributed by atoms with Crippen LogP contribution in [0.25, 0.3) is 5.65 Å². The zero-order valence-corrected chi connectivity index (χ0v) is 13.2. The number of likely N-dealkylation sites (tertiary alicyclic amines) is 1. The van der Waals surface area contributed by atoms with Crippen molar-refractivity contribution >= 4 is 17.4 Å². The van der Waals surface area contributed by atoms with Gasteiger partial charge in [0.05, 0.1) is 12.2 Å². The van der Waals surface area contributed by atoms with Crippen molar-refractivity contribution in [2.24, 2.45) is 5.92 Å². The number of amides is 1. The maximum Gasteiger partial charge on any atom is 0.243 e. The molecule has 0 bridgehead atoms. The fourth-order valence-electron chi connectivity index (χ4n) is 3.22. The first-order valence-electron chi connectivity index (χ1n) is 8.00. The van der Waals surface area contributed by atoms with E-state index >= 15 is 0 Å². The molecule has 1 amide bonds. The van der Waals surface area contributed by atoms with E-state index in [4.69, 9.17) is 0 Å². The highest BCUT2D eigenvalue weighted by atomic mass is 16.2. The fourth-order valence-corrected chi connectivity index (χ4v) is 3.22. The first-order chi connectivity index (χ1) is 10.7. The van der Waals surface area contributed by atoms with Crippen molar-refractivity contribution in [3.05, 3.63) is 24.5 Å². The molecule has 118 valence electrons. The number of carbonyl (C=O) groups excluding carboxylic acids is 1. The number of piperidine rings is 1. The van der Waals surface area contributed by atoms with Crippen LogP contribution in [0.2, 0.25) is 0 Å². The van der Waals surface area contributed by atoms with Gasteiger partial charge in [-0.15, -0.1) is 0 Å². The zero-order valence-electron chi connectivity index (χ0n) is 13.2. The summed E-state index contributed by atoms with van der Waals surface area (Å²) in [5.41, 5.74) is 0.733. The number of anilines is 1. The maximum atomic E-state index is 12.8. The smallest absolute Gasteiger partial charge is 0.243 e. The van der Waals surface area contributed by atoms with Crippen LogP contribution in [0.3, 0.4) is 0 Å². The lowest BCUT2D eigenvalue weighted by Gasteiger charge is -2.35. The number of hydrogen-bond donors (Lipinski definition) is 1. The van der Waals surface area contributed by atoms with Gasteiger partial charge in [-0.25, -0.2) is 4.98 Å². The third-order valence-electron chi connectivity index (χ3n) is 4.23. The van der Waals surface area contributed by atoms with Crippen molar-refractivity contribution < 1.29 is 4.79 Å². The number of fused-ring (bicyclic) bond motifs is 1. The first kappa shape index (κ1) is 15.0. The summed E-state index contributed by atoms with van der Waals surface area (Å²) >= 11 is 0. The molecule has 22 heavy (non-hydrogen) atoms. The molecule has 1 unspecified atom stereocenters. The standard InChI is InChI=1S/C16H23N5O/c1-12(2)15(20-10-4-3-5-11-20)16(22)19-14-6-8-17-13-7-9-18-21(13)14/h6-9,12,15H,3-5,10-11H2,1-2H3,(H,19,22). The van der Waals surface area contributed by atoms with Crippen LogP contribution in [0.4, 0.5) is 5.82 Å². The summed E-state index contributed by atoms with van der Waals surface area (Å²) in [6, 6.07) is 3.50. The maximum absolute atomic E-state index is 12.8. The Morgan fingerprint density at radius 2 is 1.95 bits per heavy atom. The minimum Gasteiger partial charge on any atom is -0.309 e. The Hall–Kier alpha value is -1.95. The Kier molecular flexibility index (Phi) is 4.38. The summed E-state index contributed by atoms with van der Waals surface area (Å²) in [4.78, 5) is 19.3. The molecular formula is C16H23N5O. The Morgan fingerprint density at radius 1 is 1.18 bits per heavy atom. The monoisotopic (exact) mass is 301 g/mol. The van der Waals surface area contributed by atoms with Crippen LogP contribution in [0.1, 0.15) is 33.1 Å². The van der Waals surface area contributed by atoms with E-state index in [0.717, 1.165) is 18.7 Å². The van der Waals surface area contributed by atoms with Gasteiger partial charge in [-0.1, -0.05) is 20.3 Å². The van der Waals surface area contributed by atoms with E-state index in [1.54, 1.807) is 23.0 Å². The fraction of sp³-hybridized carbons (Fsp3) is 0.562. The number of nitrogens with zero attached hydrogens (tertiary/aromatic N) is 4. The highest BCUT2D eigenvalue weighted by Crippen LogP contribution is 2.19. The normalized spacial score (nSPS) is 17.8. The largest absolute Gasteiger partial charge is 0.309 e. The summed E-state index contributed by atoms with van der Waals surface area (Å²) in [5.74, 6) is 0.982. The molecule has 0 aromatic carbocycles. The third-order valence-corrected chi connectivity index (χ3v) is 4.23. The average Bonchev–Trinajstić information content (AvgIpc) is 2.97. The van der Waals surface area contributed by atoms with Crippen LogP contribution >= 0.6 is 0 Å². The summed E-state index contributed by atoms with van der Waals surface area (Å²) in [6.45, 7) is 6.22. The van der Waals surface area contributed by atoms with Gasteiger partial charge < -0.3 is 5.32 Å². The first-order valence-corrected chi connectivity index (χ1v) is 8.00. The molecule has 6 heteroatoms. The third kappa shape index (κ3) is 2.97. The molecule has 1 N–H and O–H groups in total. The Labute approximate surface area is 130 Å². The minimum atomic E-state index is -0.0981. The predicted octanol–water partition coefficient (Wildman–Crippen LogP) is 2.18. The van der Waals surface area contributed by atoms with Crippen molar-refractivity contribution in [3.63, 3.8) is 0 Å². The summed E-state index contributed by atoms with van der Waals surface area (Å²) in [6.07, 6.45) is 6.99. The van der Waals surface area contributed by atoms with Crippen molar-refractivity contribution in [2.45, 2.75) is 39.2 Å². The minimum absolute atomic E-state index is 0.0416. The molecule has 0 aliphatic carbocycles. The average molecular weight is 301 g/mol. The van der Waals surface area contributed by atoms with Gasteiger partial charge in [0.2, 0.25) is 5.91 Å². The number of rotatable bonds is 4. The van der Waals surface area contributed by atoms with E-state index in [2.05, 4.69) is 34.1 Å². The summed E-state index contributed by atoms with van der Waals surface area (Å²) in [5, 5.41) is 7.24. The van der Waals surface area contributed by atoms with E-state index in [1.807, 2.05) is 6.07 Å². The molecule has 0 saturated carbocycles. The van der Waals surface area contributed by atoms with Crippen LogP contribution in [0.5, 0.6) is 0 Å². The second-order valence-corrected chi connectivity index (χ2v) is 6.21. The van der Waals surface area contributed by atoms with E-state index < -0.39 is 0 Å². The van der Waals surface area contributed by atoms with Crippen LogP contribution in [-0.4, -0.2) is 44.5 Å². The van der Waals surface area contributed by atoms with Gasteiger partial charge in [0, 0.05) is 12.3 Å². The molecule has 1 aliphatic heterocycles. The molecule has 0 spiro atoms. The van der Waals surface area contributed by atoms with Crippen molar-refractivity contribution in [1.29, 1.82) is 0 Å². The molecule has 2 aromatic rings. The van der Waals surface area contributed by atoms with Gasteiger partial charge in [-0.2, -0.15) is 9.61 Å². The van der Waals surface area contributed by atoms with Gasteiger partial charge >= 0.3 is 0 Å². The lowest BCUT2D eigenvalue weighted by atomic mass is 9.98. The molecule has 0 radical (unpaired) electrons. The number of hydrogen-bond acceptors (Lipinski definition) is 4. The molecule has 3 heterocycles. The van der Waals surface area contributed by atoms with Crippen molar-refractivity contribution in [2.75, 3.05) is 18.4 Å². The molecule has 2 aromatic heterocycles. The number of nitrogens with one attached hydrogen (secondary N) is 1. The van der Waals surface area contributed by atoms with Crippen LogP contribution in [-0.2, 0) is 4.79 Å². The topological polar surface area (TPSA) is 62.5 Å². The van der Waals surface area contributed by atoms with Crippen molar-refractivity contribution in [3.8, 4) is 0 Å². The second-order valence-electron chi connectivity index (χ2n) is 6.21. The molecule has 1 fully saturated rings. The molecule has 3 rings (SSSR count). The molecular weight excluding hydrogens is 278 g/mol. The Balaban J connectivity index is 1.80. The number of carbonyl (C=O) groups is 1. The quantitative estimate of drug-likeness (QED) is 0.940. The molecule has 1 aliphatic rings. The van der Waals surface area contributed by atoms with E-state index in [1.165, 1.54) is 19.3 Å². The Morgan fingerprint density at radius 3 is 2.68 bits per heavy atom. The summed E-state index contributed by atoms with van der Waals surface area (Å²) < 4.78 is 1.66. The van der Waals surface area contributed by atoms with Gasteiger partial charge in [-0.3, -0.25) is 9.69 Å². The summed E-state index contributed by atoms with van der Waals surface area (Å²) in [7, 11) is 0. The van der Waals surface area contributed by atoms with E-state index in [0.29, 0.717) is 5.82 Å². The lowest BCUT2D eigenvalue weighted by Crippen LogP contribution is -2.49. The highest BCUT2D eigenvalue weighted by molar-refractivity contribution is 5.94. The van der Waals surface area contributed by atoms with Gasteiger partial charge in [0.1, 0.15) is 5.82 Å². The van der Waals surface area contributed by atoms with Crippen molar-refractivity contribution in [1.82, 2.24) is 19.5 Å². The Bertz CT molecular complexity index is 645. The van der Waals surface area contributed by atoms with Crippen LogP contribution < -0.4 is 5.32 Å². The second kappa shape index (κ2) is 6.44. The van der Waals surface area contributed by atoms with Crippen LogP contribution in [0, 0.1) is 5.92 Å².